The van der Waals surface area contributed by atoms with E-state index in [0.717, 1.165) is 52.0 Å². The molecule has 0 aliphatic heterocycles. The van der Waals surface area contributed by atoms with Crippen molar-refractivity contribution >= 4 is 50.0 Å². The molecule has 0 radical (unpaired) electrons. The number of carbonyl (C=O) groups excluding carboxylic acids is 1. The van der Waals surface area contributed by atoms with Crippen LogP contribution in [0.4, 0.5) is 4.39 Å². The summed E-state index contributed by atoms with van der Waals surface area (Å²) in [6, 6.07) is 14.4. The Kier molecular flexibility index (Phi) is 5.99. The third-order valence-electron chi connectivity index (χ3n) is 5.12. The van der Waals surface area contributed by atoms with Gasteiger partial charge in [0.05, 0.1) is 4.90 Å². The van der Waals surface area contributed by atoms with Crippen LogP contribution in [0.3, 0.4) is 0 Å². The molecule has 0 atom stereocenters. The highest BCUT2D eigenvalue weighted by Crippen LogP contribution is 2.29. The molecule has 164 valence electrons. The van der Waals surface area contributed by atoms with Crippen LogP contribution in [0, 0.1) is 12.7 Å². The van der Waals surface area contributed by atoms with Crippen LogP contribution in [-0.2, 0) is 16.4 Å². The molecule has 3 aromatic carbocycles. The molecule has 1 amide bonds. The number of benzene rings is 3. The number of halogens is 3. The van der Waals surface area contributed by atoms with E-state index in [1.54, 1.807) is 24.3 Å². The lowest BCUT2D eigenvalue weighted by Crippen LogP contribution is -2.30. The molecule has 0 aliphatic rings. The quantitative estimate of drug-likeness (QED) is 0.380. The molecule has 0 saturated heterocycles. The minimum atomic E-state index is -4.14. The smallest absolute Gasteiger partial charge is 0.265 e. The lowest BCUT2D eigenvalue weighted by Gasteiger charge is -2.08. The number of rotatable bonds is 5. The number of hydrogen-bond donors (Lipinski definition) is 2. The fourth-order valence-electron chi connectivity index (χ4n) is 3.46. The van der Waals surface area contributed by atoms with Gasteiger partial charge in [0.1, 0.15) is 5.82 Å². The van der Waals surface area contributed by atoms with Gasteiger partial charge >= 0.3 is 0 Å². The van der Waals surface area contributed by atoms with Crippen molar-refractivity contribution in [3.05, 3.63) is 98.9 Å². The van der Waals surface area contributed by atoms with E-state index >= 15 is 0 Å². The van der Waals surface area contributed by atoms with Gasteiger partial charge in [-0.15, -0.1) is 0 Å². The van der Waals surface area contributed by atoms with Gasteiger partial charge in [-0.3, -0.25) is 4.79 Å². The first-order chi connectivity index (χ1) is 15.1. The zero-order chi connectivity index (χ0) is 23.0. The summed E-state index contributed by atoms with van der Waals surface area (Å²) >= 11 is 12.3. The second-order valence-corrected chi connectivity index (χ2v) is 9.82. The first-order valence-electron chi connectivity index (χ1n) is 9.52. The van der Waals surface area contributed by atoms with Gasteiger partial charge in [-0.25, -0.2) is 17.5 Å². The standard InChI is InChI=1S/C23H17Cl2FN2O3S/c1-13-19(10-14-2-4-16(24)12-21(14)25)20-11-15(3-9-22(20)27-13)23(29)28-32(30,31)18-7-5-17(26)6-8-18/h2-9,11-12,27H,10H2,1H3,(H,28,29). The van der Waals surface area contributed by atoms with Gasteiger partial charge in [0.25, 0.3) is 15.9 Å². The zero-order valence-electron chi connectivity index (χ0n) is 16.7. The van der Waals surface area contributed by atoms with Crippen molar-refractivity contribution in [3.63, 3.8) is 0 Å². The van der Waals surface area contributed by atoms with Crippen molar-refractivity contribution in [3.8, 4) is 0 Å². The zero-order valence-corrected chi connectivity index (χ0v) is 19.1. The maximum absolute atomic E-state index is 13.1. The highest BCUT2D eigenvalue weighted by Gasteiger charge is 2.20. The Morgan fingerprint density at radius 2 is 1.75 bits per heavy atom. The van der Waals surface area contributed by atoms with Crippen molar-refractivity contribution in [2.75, 3.05) is 0 Å². The monoisotopic (exact) mass is 490 g/mol. The molecule has 9 heteroatoms. The molecule has 2 N–H and O–H groups in total. The highest BCUT2D eigenvalue weighted by atomic mass is 35.5. The van der Waals surface area contributed by atoms with E-state index in [4.69, 9.17) is 23.2 Å². The molecule has 4 rings (SSSR count). The predicted octanol–water partition coefficient (Wildman–Crippen LogP) is 5.63. The molecule has 4 aromatic rings. The van der Waals surface area contributed by atoms with E-state index in [1.165, 1.54) is 6.07 Å². The lowest BCUT2D eigenvalue weighted by molar-refractivity contribution is 0.0981. The molecule has 5 nitrogen and oxygen atoms in total. The topological polar surface area (TPSA) is 79.0 Å². The van der Waals surface area contributed by atoms with Crippen molar-refractivity contribution in [2.24, 2.45) is 0 Å². The molecule has 0 fully saturated rings. The number of aromatic nitrogens is 1. The minimum absolute atomic E-state index is 0.172. The Labute approximate surface area is 194 Å². The number of carbonyl (C=O) groups is 1. The summed E-state index contributed by atoms with van der Waals surface area (Å²) in [6.45, 7) is 1.91. The normalized spacial score (nSPS) is 11.6. The number of aromatic amines is 1. The van der Waals surface area contributed by atoms with Gasteiger partial charge in [0.15, 0.2) is 0 Å². The molecule has 0 aliphatic carbocycles. The molecular formula is C23H17Cl2FN2O3S. The molecule has 0 bridgehead atoms. The van der Waals surface area contributed by atoms with Gasteiger partial charge in [-0.1, -0.05) is 29.3 Å². The number of hydrogen-bond acceptors (Lipinski definition) is 3. The van der Waals surface area contributed by atoms with E-state index in [-0.39, 0.29) is 10.5 Å². The summed E-state index contributed by atoms with van der Waals surface area (Å²) in [7, 11) is -4.14. The molecule has 0 saturated carbocycles. The second kappa shape index (κ2) is 8.58. The predicted molar refractivity (Wildman–Crippen MR) is 123 cm³/mol. The number of nitrogens with one attached hydrogen (secondary N) is 2. The summed E-state index contributed by atoms with van der Waals surface area (Å²) in [5.41, 5.74) is 3.68. The van der Waals surface area contributed by atoms with Crippen LogP contribution in [-0.4, -0.2) is 19.3 Å². The Morgan fingerprint density at radius 1 is 1.03 bits per heavy atom. The van der Waals surface area contributed by atoms with E-state index < -0.39 is 21.7 Å². The van der Waals surface area contributed by atoms with Gasteiger partial charge in [-0.2, -0.15) is 0 Å². The van der Waals surface area contributed by atoms with Crippen molar-refractivity contribution in [1.29, 1.82) is 0 Å². The van der Waals surface area contributed by atoms with Gasteiger partial charge < -0.3 is 4.98 Å². The Morgan fingerprint density at radius 3 is 2.44 bits per heavy atom. The minimum Gasteiger partial charge on any atom is -0.358 e. The fraction of sp³-hybridized carbons (Fsp3) is 0.0870. The second-order valence-electron chi connectivity index (χ2n) is 7.29. The van der Waals surface area contributed by atoms with Gasteiger partial charge in [-0.05, 0) is 72.6 Å². The van der Waals surface area contributed by atoms with E-state index in [2.05, 4.69) is 4.98 Å². The number of sulfonamides is 1. The van der Waals surface area contributed by atoms with Crippen molar-refractivity contribution < 1.29 is 17.6 Å². The summed E-state index contributed by atoms with van der Waals surface area (Å²) in [4.78, 5) is 15.8. The first kappa shape index (κ1) is 22.3. The van der Waals surface area contributed by atoms with Crippen LogP contribution in [0.1, 0.15) is 27.2 Å². The SMILES string of the molecule is Cc1[nH]c2ccc(C(=O)NS(=O)(=O)c3ccc(F)cc3)cc2c1Cc1ccc(Cl)cc1Cl. The molecule has 0 unspecified atom stereocenters. The van der Waals surface area contributed by atoms with E-state index in [1.807, 2.05) is 17.7 Å². The van der Waals surface area contributed by atoms with Crippen molar-refractivity contribution in [1.82, 2.24) is 9.71 Å². The number of fused-ring (bicyclic) bond motifs is 1. The third-order valence-corrected chi connectivity index (χ3v) is 7.05. The van der Waals surface area contributed by atoms with Crippen LogP contribution in [0.2, 0.25) is 10.0 Å². The maximum atomic E-state index is 13.1. The van der Waals surface area contributed by atoms with Crippen LogP contribution >= 0.6 is 23.2 Å². The van der Waals surface area contributed by atoms with Crippen molar-refractivity contribution in [2.45, 2.75) is 18.2 Å². The maximum Gasteiger partial charge on any atom is 0.265 e. The molecule has 1 aromatic heterocycles. The highest BCUT2D eigenvalue weighted by molar-refractivity contribution is 7.90. The lowest BCUT2D eigenvalue weighted by atomic mass is 10.0. The van der Waals surface area contributed by atoms with Crippen LogP contribution in [0.15, 0.2) is 65.6 Å². The van der Waals surface area contributed by atoms with E-state index in [0.29, 0.717) is 16.5 Å². The molecule has 1 heterocycles. The molecule has 32 heavy (non-hydrogen) atoms. The molecule has 0 spiro atoms. The first-order valence-corrected chi connectivity index (χ1v) is 11.8. The number of amides is 1. The average molecular weight is 491 g/mol. The fourth-order valence-corrected chi connectivity index (χ4v) is 4.91. The summed E-state index contributed by atoms with van der Waals surface area (Å²) in [6.07, 6.45) is 0.501. The Balaban J connectivity index is 1.66. The number of H-pyrrole nitrogens is 1. The molecular weight excluding hydrogens is 474 g/mol. The van der Waals surface area contributed by atoms with Crippen LogP contribution < -0.4 is 4.72 Å². The average Bonchev–Trinajstić information content (AvgIpc) is 3.04. The third kappa shape index (κ3) is 4.50. The largest absolute Gasteiger partial charge is 0.358 e. The van der Waals surface area contributed by atoms with Gasteiger partial charge in [0.2, 0.25) is 0 Å². The summed E-state index contributed by atoms with van der Waals surface area (Å²) < 4.78 is 40.1. The van der Waals surface area contributed by atoms with Gasteiger partial charge in [0, 0.05) is 38.6 Å². The summed E-state index contributed by atoms with van der Waals surface area (Å²) in [5.74, 6) is -1.36. The van der Waals surface area contributed by atoms with E-state index in [9.17, 15) is 17.6 Å². The summed E-state index contributed by atoms with van der Waals surface area (Å²) in [5, 5.41) is 1.85. The number of aryl methyl sites for hydroxylation is 1. The Hall–Kier alpha value is -2.87. The van der Waals surface area contributed by atoms with Crippen LogP contribution in [0.5, 0.6) is 0 Å². The Bertz CT molecular complexity index is 1450. The van der Waals surface area contributed by atoms with Crippen LogP contribution in [0.25, 0.3) is 10.9 Å².